The number of esters is 1. The van der Waals surface area contributed by atoms with E-state index in [1.54, 1.807) is 19.2 Å². The second-order valence-corrected chi connectivity index (χ2v) is 7.56. The van der Waals surface area contributed by atoms with Crippen LogP contribution in [0, 0.1) is 11.8 Å². The van der Waals surface area contributed by atoms with E-state index in [0.717, 1.165) is 16.7 Å². The number of phenols is 1. The summed E-state index contributed by atoms with van der Waals surface area (Å²) in [4.78, 5) is 12.8. The molecule has 0 bridgehead atoms. The third-order valence-corrected chi connectivity index (χ3v) is 6.23. The fourth-order valence-electron chi connectivity index (χ4n) is 4.91. The molecule has 1 aliphatic carbocycles. The van der Waals surface area contributed by atoms with Crippen LogP contribution in [0.4, 0.5) is 0 Å². The molecule has 0 aromatic heterocycles. The van der Waals surface area contributed by atoms with Crippen molar-refractivity contribution in [2.75, 3.05) is 34.7 Å². The fraction of sp³-hybridized carbons (Fsp3) is 0.409. The molecule has 0 spiro atoms. The van der Waals surface area contributed by atoms with Crippen LogP contribution in [0.15, 0.2) is 24.3 Å². The number of carbonyl (C=O) groups is 1. The molecule has 8 nitrogen and oxygen atoms in total. The van der Waals surface area contributed by atoms with Crippen LogP contribution in [0.3, 0.4) is 0 Å². The summed E-state index contributed by atoms with van der Waals surface area (Å²) in [5, 5.41) is 10.4. The van der Waals surface area contributed by atoms with Crippen molar-refractivity contribution in [3.63, 3.8) is 0 Å². The maximum Gasteiger partial charge on any atom is 0.310 e. The van der Waals surface area contributed by atoms with Gasteiger partial charge in [0.05, 0.1) is 32.8 Å². The molecule has 0 saturated carbocycles. The first-order valence-corrected chi connectivity index (χ1v) is 9.65. The predicted octanol–water partition coefficient (Wildman–Crippen LogP) is 2.76. The number of carbonyl (C=O) groups excluding carboxylic acids is 1. The van der Waals surface area contributed by atoms with Crippen molar-refractivity contribution in [1.82, 2.24) is 0 Å². The Bertz CT molecular complexity index is 991. The number of phenolic OH excluding ortho intramolecular Hbond substituents is 1. The lowest BCUT2D eigenvalue weighted by Crippen LogP contribution is -2.35. The third kappa shape index (κ3) is 2.60. The summed E-state index contributed by atoms with van der Waals surface area (Å²) in [6, 6.07) is 7.29. The van der Waals surface area contributed by atoms with Crippen LogP contribution in [0.2, 0.25) is 0 Å². The quantitative estimate of drug-likeness (QED) is 0.764. The van der Waals surface area contributed by atoms with Crippen molar-refractivity contribution in [2.45, 2.75) is 12.0 Å². The topological polar surface area (TPSA) is 92.7 Å². The summed E-state index contributed by atoms with van der Waals surface area (Å²) in [6.07, 6.45) is -0.317. The highest BCUT2D eigenvalue weighted by Crippen LogP contribution is 2.56. The molecule has 8 heteroatoms. The van der Waals surface area contributed by atoms with Crippen molar-refractivity contribution in [2.24, 2.45) is 11.8 Å². The standard InChI is InChI=1S/C22H22O8/c1-25-16-4-10(5-17(26-2)20(16)23)18-11-6-14-15(30-9-29-14)7-12(11)21(27-3)13-8-28-22(24)19(13)18/h4-7,13,18-19,21,23H,8-9H2,1-3H3/t13?,18-,19+,21+/m1/s1. The average molecular weight is 414 g/mol. The number of benzene rings is 2. The number of rotatable bonds is 4. The zero-order chi connectivity index (χ0) is 21.0. The summed E-state index contributed by atoms with van der Waals surface area (Å²) in [7, 11) is 4.57. The van der Waals surface area contributed by atoms with Gasteiger partial charge in [-0.3, -0.25) is 4.79 Å². The number of fused-ring (bicyclic) bond motifs is 3. The Morgan fingerprint density at radius 2 is 1.57 bits per heavy atom. The Balaban J connectivity index is 1.75. The van der Waals surface area contributed by atoms with E-state index >= 15 is 0 Å². The maximum absolute atomic E-state index is 12.8. The minimum absolute atomic E-state index is 0.0919. The molecular formula is C22H22O8. The number of aromatic hydroxyl groups is 1. The zero-order valence-electron chi connectivity index (χ0n) is 16.8. The van der Waals surface area contributed by atoms with Crippen molar-refractivity contribution < 1.29 is 38.3 Å². The van der Waals surface area contributed by atoms with E-state index in [0.29, 0.717) is 11.5 Å². The van der Waals surface area contributed by atoms with Gasteiger partial charge in [0, 0.05) is 18.9 Å². The third-order valence-electron chi connectivity index (χ3n) is 6.23. The van der Waals surface area contributed by atoms with E-state index in [-0.39, 0.29) is 54.6 Å². The van der Waals surface area contributed by atoms with Gasteiger partial charge in [0.1, 0.15) is 0 Å². The van der Waals surface area contributed by atoms with Gasteiger partial charge in [0.25, 0.3) is 0 Å². The lowest BCUT2D eigenvalue weighted by Gasteiger charge is -2.38. The SMILES string of the molecule is COc1cc([C@@H]2c3cc4c(cc3[C@H](OC)C3COC(=O)[C@@H]32)OCO4)cc(OC)c1O. The summed E-state index contributed by atoms with van der Waals surface area (Å²) >= 11 is 0. The lowest BCUT2D eigenvalue weighted by molar-refractivity contribution is -0.141. The van der Waals surface area contributed by atoms with Crippen LogP contribution in [-0.2, 0) is 14.3 Å². The first-order chi connectivity index (χ1) is 14.6. The number of ether oxygens (including phenoxy) is 6. The highest BCUT2D eigenvalue weighted by molar-refractivity contribution is 5.79. The minimum Gasteiger partial charge on any atom is -0.502 e. The molecule has 5 rings (SSSR count). The summed E-state index contributed by atoms with van der Waals surface area (Å²) in [6.45, 7) is 0.426. The van der Waals surface area contributed by atoms with Gasteiger partial charge in [0.15, 0.2) is 23.0 Å². The molecule has 0 amide bonds. The Morgan fingerprint density at radius 3 is 2.17 bits per heavy atom. The maximum atomic E-state index is 12.8. The van der Waals surface area contributed by atoms with Gasteiger partial charge in [-0.15, -0.1) is 0 Å². The van der Waals surface area contributed by atoms with Gasteiger partial charge in [0.2, 0.25) is 12.5 Å². The van der Waals surface area contributed by atoms with E-state index in [9.17, 15) is 9.90 Å². The molecule has 2 aromatic carbocycles. The van der Waals surface area contributed by atoms with Crippen LogP contribution >= 0.6 is 0 Å². The van der Waals surface area contributed by atoms with E-state index < -0.39 is 5.92 Å². The van der Waals surface area contributed by atoms with E-state index in [2.05, 4.69) is 0 Å². The van der Waals surface area contributed by atoms with Crippen LogP contribution in [0.25, 0.3) is 0 Å². The Morgan fingerprint density at radius 1 is 0.933 bits per heavy atom. The lowest BCUT2D eigenvalue weighted by atomic mass is 9.66. The second kappa shape index (κ2) is 6.98. The Kier molecular flexibility index (Phi) is 4.39. The van der Waals surface area contributed by atoms with Crippen molar-refractivity contribution in [1.29, 1.82) is 0 Å². The van der Waals surface area contributed by atoms with Crippen LogP contribution < -0.4 is 18.9 Å². The molecule has 30 heavy (non-hydrogen) atoms. The highest BCUT2D eigenvalue weighted by Gasteiger charge is 2.53. The molecule has 2 aromatic rings. The van der Waals surface area contributed by atoms with Gasteiger partial charge in [-0.2, -0.15) is 0 Å². The molecule has 1 N–H and O–H groups in total. The normalized spacial score (nSPS) is 26.0. The molecule has 3 aliphatic rings. The van der Waals surface area contributed by atoms with Crippen LogP contribution in [-0.4, -0.2) is 45.8 Å². The molecule has 2 aliphatic heterocycles. The van der Waals surface area contributed by atoms with E-state index in [4.69, 9.17) is 28.4 Å². The Labute approximate surface area is 173 Å². The number of hydrogen-bond donors (Lipinski definition) is 1. The van der Waals surface area contributed by atoms with Crippen LogP contribution in [0.1, 0.15) is 28.7 Å². The molecule has 0 radical (unpaired) electrons. The Hall–Kier alpha value is -3.13. The van der Waals surface area contributed by atoms with Crippen molar-refractivity contribution >= 4 is 5.97 Å². The highest BCUT2D eigenvalue weighted by atomic mass is 16.7. The fourth-order valence-corrected chi connectivity index (χ4v) is 4.91. The second-order valence-electron chi connectivity index (χ2n) is 7.56. The molecule has 4 atom stereocenters. The number of methoxy groups -OCH3 is 3. The van der Waals surface area contributed by atoms with Gasteiger partial charge < -0.3 is 33.5 Å². The van der Waals surface area contributed by atoms with Gasteiger partial charge in [-0.1, -0.05) is 0 Å². The van der Waals surface area contributed by atoms with Gasteiger partial charge in [-0.05, 0) is 41.0 Å². The summed E-state index contributed by atoms with van der Waals surface area (Å²) in [5.41, 5.74) is 2.59. The van der Waals surface area contributed by atoms with E-state index in [1.807, 2.05) is 12.1 Å². The first kappa shape index (κ1) is 18.9. The largest absolute Gasteiger partial charge is 0.502 e. The van der Waals surface area contributed by atoms with Crippen molar-refractivity contribution in [3.05, 3.63) is 41.0 Å². The average Bonchev–Trinajstić information content (AvgIpc) is 3.37. The summed E-state index contributed by atoms with van der Waals surface area (Å²) < 4.78 is 33.1. The van der Waals surface area contributed by atoms with Crippen molar-refractivity contribution in [3.8, 4) is 28.7 Å². The summed E-state index contributed by atoms with van der Waals surface area (Å²) in [5.74, 6) is 0.464. The molecule has 1 fully saturated rings. The van der Waals surface area contributed by atoms with Gasteiger partial charge >= 0.3 is 5.97 Å². The molecular weight excluding hydrogens is 392 g/mol. The predicted molar refractivity (Wildman–Crippen MR) is 103 cm³/mol. The molecule has 1 saturated heterocycles. The van der Waals surface area contributed by atoms with E-state index in [1.165, 1.54) is 14.2 Å². The number of hydrogen-bond acceptors (Lipinski definition) is 8. The smallest absolute Gasteiger partial charge is 0.310 e. The molecule has 158 valence electrons. The monoisotopic (exact) mass is 414 g/mol. The first-order valence-electron chi connectivity index (χ1n) is 9.65. The molecule has 2 heterocycles. The van der Waals surface area contributed by atoms with Crippen LogP contribution in [0.5, 0.6) is 28.7 Å². The zero-order valence-corrected chi connectivity index (χ0v) is 16.8. The van der Waals surface area contributed by atoms with Gasteiger partial charge in [-0.25, -0.2) is 0 Å². The minimum atomic E-state index is -0.457. The molecule has 1 unspecified atom stereocenters. The number of cyclic esters (lactones) is 1.